The van der Waals surface area contributed by atoms with Gasteiger partial charge in [0, 0.05) is 13.1 Å². The highest BCUT2D eigenvalue weighted by molar-refractivity contribution is 6.34. The van der Waals surface area contributed by atoms with Crippen molar-refractivity contribution >= 4 is 35.1 Å². The van der Waals surface area contributed by atoms with Crippen LogP contribution < -0.4 is 5.32 Å². The van der Waals surface area contributed by atoms with E-state index in [0.29, 0.717) is 42.6 Å². The van der Waals surface area contributed by atoms with E-state index in [2.05, 4.69) is 17.0 Å². The number of benzene rings is 1. The number of carbonyl (C=O) groups excluding carboxylic acids is 3. The first-order valence-electron chi connectivity index (χ1n) is 8.86. The molecule has 1 heterocycles. The Labute approximate surface area is 157 Å². The summed E-state index contributed by atoms with van der Waals surface area (Å²) in [6, 6.07) is 4.52. The SMILES string of the molecule is COC(=O)c1ccc(Cl)c(NC(=O)C2(C(=O)N3CCC(C)CC3)CC2)c1. The van der Waals surface area contributed by atoms with Crippen molar-refractivity contribution in [1.29, 1.82) is 0 Å². The Morgan fingerprint density at radius 1 is 1.23 bits per heavy atom. The highest BCUT2D eigenvalue weighted by Crippen LogP contribution is 2.49. The Balaban J connectivity index is 1.73. The molecule has 1 N–H and O–H groups in total. The molecule has 1 saturated heterocycles. The number of anilines is 1. The fraction of sp³-hybridized carbons (Fsp3) is 0.526. The minimum absolute atomic E-state index is 0.0952. The van der Waals surface area contributed by atoms with Gasteiger partial charge in [-0.05, 0) is 49.8 Å². The van der Waals surface area contributed by atoms with E-state index in [1.54, 1.807) is 4.90 Å². The summed E-state index contributed by atoms with van der Waals surface area (Å²) in [5.74, 6) is -0.355. The van der Waals surface area contributed by atoms with Crippen LogP contribution in [0.25, 0.3) is 0 Å². The summed E-state index contributed by atoms with van der Waals surface area (Å²) in [6.07, 6.45) is 3.02. The van der Waals surface area contributed by atoms with Crippen molar-refractivity contribution in [2.45, 2.75) is 32.6 Å². The number of carbonyl (C=O) groups is 3. The number of rotatable bonds is 4. The van der Waals surface area contributed by atoms with Gasteiger partial charge in [0.15, 0.2) is 0 Å². The van der Waals surface area contributed by atoms with Gasteiger partial charge in [0.1, 0.15) is 5.41 Å². The van der Waals surface area contributed by atoms with Gasteiger partial charge in [-0.2, -0.15) is 0 Å². The van der Waals surface area contributed by atoms with E-state index in [0.717, 1.165) is 12.8 Å². The maximum atomic E-state index is 12.9. The topological polar surface area (TPSA) is 75.7 Å². The molecule has 1 saturated carbocycles. The van der Waals surface area contributed by atoms with Crippen molar-refractivity contribution < 1.29 is 19.1 Å². The van der Waals surface area contributed by atoms with Crippen LogP contribution in [0.1, 0.15) is 43.0 Å². The number of amides is 2. The summed E-state index contributed by atoms with van der Waals surface area (Å²) in [7, 11) is 1.28. The number of halogens is 1. The molecular weight excluding hydrogens is 356 g/mol. The Hall–Kier alpha value is -2.08. The first-order valence-corrected chi connectivity index (χ1v) is 9.24. The molecule has 0 aromatic heterocycles. The lowest BCUT2D eigenvalue weighted by Gasteiger charge is -2.32. The summed E-state index contributed by atoms with van der Waals surface area (Å²) in [5, 5.41) is 3.04. The molecule has 1 aromatic carbocycles. The number of ether oxygens (including phenoxy) is 1. The Kier molecular flexibility index (Phi) is 5.23. The summed E-state index contributed by atoms with van der Waals surface area (Å²) in [4.78, 5) is 39.2. The number of piperidine rings is 1. The van der Waals surface area contributed by atoms with Gasteiger partial charge in [-0.3, -0.25) is 9.59 Å². The monoisotopic (exact) mass is 378 g/mol. The van der Waals surface area contributed by atoms with Crippen molar-refractivity contribution in [3.63, 3.8) is 0 Å². The Morgan fingerprint density at radius 3 is 2.46 bits per heavy atom. The second-order valence-electron chi connectivity index (χ2n) is 7.20. The summed E-state index contributed by atoms with van der Waals surface area (Å²) in [6.45, 7) is 3.58. The van der Waals surface area contributed by atoms with Crippen LogP contribution in [-0.2, 0) is 14.3 Å². The largest absolute Gasteiger partial charge is 0.465 e. The van der Waals surface area contributed by atoms with Gasteiger partial charge in [-0.15, -0.1) is 0 Å². The summed E-state index contributed by atoms with van der Waals surface area (Å²) in [5.41, 5.74) is -0.398. The quantitative estimate of drug-likeness (QED) is 0.645. The number of methoxy groups -OCH3 is 1. The number of esters is 1. The minimum Gasteiger partial charge on any atom is -0.465 e. The van der Waals surface area contributed by atoms with Gasteiger partial charge in [0.2, 0.25) is 11.8 Å². The van der Waals surface area contributed by atoms with Crippen LogP contribution in [0.2, 0.25) is 5.02 Å². The third-order valence-corrected chi connectivity index (χ3v) is 5.63. The van der Waals surface area contributed by atoms with Gasteiger partial charge in [0.05, 0.1) is 23.4 Å². The Morgan fingerprint density at radius 2 is 1.88 bits per heavy atom. The van der Waals surface area contributed by atoms with E-state index in [9.17, 15) is 14.4 Å². The number of likely N-dealkylation sites (tertiary alicyclic amines) is 1. The zero-order valence-electron chi connectivity index (χ0n) is 15.0. The van der Waals surface area contributed by atoms with E-state index in [4.69, 9.17) is 11.6 Å². The number of hydrogen-bond acceptors (Lipinski definition) is 4. The molecule has 140 valence electrons. The van der Waals surface area contributed by atoms with Crippen LogP contribution in [0.15, 0.2) is 18.2 Å². The number of nitrogens with zero attached hydrogens (tertiary/aromatic N) is 1. The van der Waals surface area contributed by atoms with Crippen LogP contribution in [0.5, 0.6) is 0 Å². The highest BCUT2D eigenvalue weighted by Gasteiger charge is 2.58. The average molecular weight is 379 g/mol. The lowest BCUT2D eigenvalue weighted by molar-refractivity contribution is -0.143. The molecule has 2 aliphatic rings. The molecule has 26 heavy (non-hydrogen) atoms. The predicted molar refractivity (Wildman–Crippen MR) is 98.1 cm³/mol. The molecule has 0 radical (unpaired) electrons. The highest BCUT2D eigenvalue weighted by atomic mass is 35.5. The lowest BCUT2D eigenvalue weighted by Crippen LogP contribution is -2.46. The van der Waals surface area contributed by atoms with E-state index < -0.39 is 11.4 Å². The van der Waals surface area contributed by atoms with Crippen molar-refractivity contribution in [2.75, 3.05) is 25.5 Å². The molecule has 0 unspecified atom stereocenters. The zero-order chi connectivity index (χ0) is 18.9. The van der Waals surface area contributed by atoms with Gasteiger partial charge in [-0.25, -0.2) is 4.79 Å². The third-order valence-electron chi connectivity index (χ3n) is 5.30. The van der Waals surface area contributed by atoms with Crippen molar-refractivity contribution in [1.82, 2.24) is 4.90 Å². The fourth-order valence-electron chi connectivity index (χ4n) is 3.29. The molecule has 1 aromatic rings. The molecule has 0 bridgehead atoms. The number of hydrogen-bond donors (Lipinski definition) is 1. The molecule has 7 heteroatoms. The first kappa shape index (κ1) is 18.7. The van der Waals surface area contributed by atoms with Crippen molar-refractivity contribution in [3.05, 3.63) is 28.8 Å². The molecule has 1 aliphatic heterocycles. The van der Waals surface area contributed by atoms with Gasteiger partial charge >= 0.3 is 5.97 Å². The predicted octanol–water partition coefficient (Wildman–Crippen LogP) is 3.10. The number of nitrogens with one attached hydrogen (secondary N) is 1. The van der Waals surface area contributed by atoms with Gasteiger partial charge in [-0.1, -0.05) is 18.5 Å². The molecule has 1 aliphatic carbocycles. The maximum absolute atomic E-state index is 12.9. The van der Waals surface area contributed by atoms with Crippen LogP contribution >= 0.6 is 11.6 Å². The van der Waals surface area contributed by atoms with Gasteiger partial charge < -0.3 is 15.0 Å². The molecule has 3 rings (SSSR count). The van der Waals surface area contributed by atoms with Crippen molar-refractivity contribution in [3.8, 4) is 0 Å². The average Bonchev–Trinajstić information content (AvgIpc) is 3.45. The van der Waals surface area contributed by atoms with Crippen molar-refractivity contribution in [2.24, 2.45) is 11.3 Å². The summed E-state index contributed by atoms with van der Waals surface area (Å²) < 4.78 is 4.69. The van der Waals surface area contributed by atoms with E-state index in [1.165, 1.54) is 25.3 Å². The smallest absolute Gasteiger partial charge is 0.337 e. The van der Waals surface area contributed by atoms with E-state index in [1.807, 2.05) is 0 Å². The second kappa shape index (κ2) is 7.27. The fourth-order valence-corrected chi connectivity index (χ4v) is 3.45. The molecule has 0 atom stereocenters. The standard InChI is InChI=1S/C19H23ClN2O4/c1-12-5-9-22(10-6-12)18(25)19(7-8-19)17(24)21-15-11-13(16(23)26-2)3-4-14(15)20/h3-4,11-12H,5-10H2,1-2H3,(H,21,24). The maximum Gasteiger partial charge on any atom is 0.337 e. The lowest BCUT2D eigenvalue weighted by atomic mass is 9.96. The van der Waals surface area contributed by atoms with Crippen LogP contribution in [0, 0.1) is 11.3 Å². The zero-order valence-corrected chi connectivity index (χ0v) is 15.8. The molecule has 2 amide bonds. The molecule has 0 spiro atoms. The minimum atomic E-state index is -0.995. The Bertz CT molecular complexity index is 737. The van der Waals surface area contributed by atoms with Crippen LogP contribution in [0.3, 0.4) is 0 Å². The van der Waals surface area contributed by atoms with E-state index >= 15 is 0 Å². The third kappa shape index (κ3) is 3.56. The molecular formula is C19H23ClN2O4. The first-order chi connectivity index (χ1) is 12.4. The van der Waals surface area contributed by atoms with Gasteiger partial charge in [0.25, 0.3) is 0 Å². The van der Waals surface area contributed by atoms with E-state index in [-0.39, 0.29) is 17.4 Å². The summed E-state index contributed by atoms with van der Waals surface area (Å²) >= 11 is 6.14. The normalized spacial score (nSPS) is 19.0. The molecule has 6 nitrogen and oxygen atoms in total. The van der Waals surface area contributed by atoms with Crippen LogP contribution in [0.4, 0.5) is 5.69 Å². The van der Waals surface area contributed by atoms with Crippen LogP contribution in [-0.4, -0.2) is 42.9 Å². The second-order valence-corrected chi connectivity index (χ2v) is 7.60. The molecule has 2 fully saturated rings.